The van der Waals surface area contributed by atoms with E-state index in [0.29, 0.717) is 24.7 Å². The zero-order chi connectivity index (χ0) is 38.4. The Morgan fingerprint density at radius 3 is 2.23 bits per heavy atom. The van der Waals surface area contributed by atoms with Crippen LogP contribution >= 0.6 is 11.6 Å². The summed E-state index contributed by atoms with van der Waals surface area (Å²) in [5.41, 5.74) is 1.89. The summed E-state index contributed by atoms with van der Waals surface area (Å²) >= 11 is 6.13. The Kier molecular flexibility index (Phi) is 12.8. The average molecular weight is 752 g/mol. The van der Waals surface area contributed by atoms with E-state index < -0.39 is 47.4 Å². The number of hydrogen-bond acceptors (Lipinski definition) is 6. The van der Waals surface area contributed by atoms with E-state index in [1.54, 1.807) is 59.7 Å². The van der Waals surface area contributed by atoms with E-state index in [-0.39, 0.29) is 56.4 Å². The molecule has 2 aliphatic rings. The van der Waals surface area contributed by atoms with Gasteiger partial charge in [-0.25, -0.2) is 13.6 Å². The van der Waals surface area contributed by atoms with Crippen LogP contribution in [0.3, 0.4) is 0 Å². The number of fused-ring (bicyclic) bond motifs is 1. The highest BCUT2D eigenvalue weighted by molar-refractivity contribution is 6.30. The first-order valence-electron chi connectivity index (χ1n) is 18.1. The molecular weight excluding hydrogens is 704 g/mol. The Morgan fingerprint density at radius 1 is 0.943 bits per heavy atom. The van der Waals surface area contributed by atoms with E-state index >= 15 is 4.39 Å². The lowest BCUT2D eigenvalue weighted by atomic mass is 10.00. The fraction of sp³-hybridized carbons (Fsp3) is 0.450. The molecule has 0 aliphatic carbocycles. The zero-order valence-corrected chi connectivity index (χ0v) is 31.7. The lowest BCUT2D eigenvalue weighted by Gasteiger charge is -2.41. The van der Waals surface area contributed by atoms with E-state index in [1.807, 2.05) is 43.0 Å². The number of carbonyl (C=O) groups is 4. The van der Waals surface area contributed by atoms with E-state index in [9.17, 15) is 23.6 Å². The molecule has 1 saturated heterocycles. The van der Waals surface area contributed by atoms with Crippen molar-refractivity contribution in [2.24, 2.45) is 0 Å². The second kappa shape index (κ2) is 17.1. The van der Waals surface area contributed by atoms with Crippen molar-refractivity contribution in [2.45, 2.75) is 77.7 Å². The van der Waals surface area contributed by atoms with Gasteiger partial charge in [0, 0.05) is 68.9 Å². The van der Waals surface area contributed by atoms with Crippen molar-refractivity contribution < 1.29 is 32.7 Å². The van der Waals surface area contributed by atoms with Crippen LogP contribution < -0.4 is 5.32 Å². The summed E-state index contributed by atoms with van der Waals surface area (Å²) in [7, 11) is 0. The van der Waals surface area contributed by atoms with Crippen LogP contribution in [-0.4, -0.2) is 94.3 Å². The van der Waals surface area contributed by atoms with Crippen molar-refractivity contribution in [3.8, 4) is 0 Å². The van der Waals surface area contributed by atoms with Gasteiger partial charge >= 0.3 is 6.09 Å². The number of ether oxygens (including phenoxy) is 1. The number of hydrogen-bond donors (Lipinski definition) is 1. The summed E-state index contributed by atoms with van der Waals surface area (Å²) in [5.74, 6) is -2.58. The predicted octanol–water partition coefficient (Wildman–Crippen LogP) is 6.28. The van der Waals surface area contributed by atoms with Gasteiger partial charge in [0.25, 0.3) is 0 Å². The first-order chi connectivity index (χ1) is 25.2. The molecule has 2 aliphatic heterocycles. The molecule has 10 nitrogen and oxygen atoms in total. The van der Waals surface area contributed by atoms with Crippen molar-refractivity contribution in [1.29, 1.82) is 0 Å². The molecule has 5 rings (SSSR count). The fourth-order valence-corrected chi connectivity index (χ4v) is 7.15. The van der Waals surface area contributed by atoms with Crippen molar-refractivity contribution >= 4 is 35.4 Å². The van der Waals surface area contributed by atoms with Crippen LogP contribution in [0.15, 0.2) is 66.7 Å². The lowest BCUT2D eigenvalue weighted by molar-refractivity contribution is -0.141. The maximum absolute atomic E-state index is 15.1. The highest BCUT2D eigenvalue weighted by atomic mass is 35.5. The molecule has 53 heavy (non-hydrogen) atoms. The van der Waals surface area contributed by atoms with Gasteiger partial charge in [-0.1, -0.05) is 54.1 Å². The maximum Gasteiger partial charge on any atom is 0.411 e. The molecule has 284 valence electrons. The van der Waals surface area contributed by atoms with Crippen LogP contribution in [0, 0.1) is 11.6 Å². The number of carbonyl (C=O) groups excluding carboxylic acids is 4. The second-order valence-corrected chi connectivity index (χ2v) is 14.9. The number of nitrogens with zero attached hydrogens (tertiary/aromatic N) is 4. The van der Waals surface area contributed by atoms with E-state index in [4.69, 9.17) is 16.3 Å². The van der Waals surface area contributed by atoms with Crippen LogP contribution in [0.25, 0.3) is 0 Å². The molecule has 13 heteroatoms. The van der Waals surface area contributed by atoms with Crippen LogP contribution in [0.2, 0.25) is 5.02 Å². The largest absolute Gasteiger partial charge is 0.444 e. The third kappa shape index (κ3) is 9.71. The van der Waals surface area contributed by atoms with Crippen LogP contribution in [0.1, 0.15) is 75.4 Å². The number of halogens is 3. The van der Waals surface area contributed by atoms with Gasteiger partial charge in [-0.15, -0.1) is 0 Å². The molecule has 2 heterocycles. The molecule has 1 fully saturated rings. The molecular formula is C40H48ClF2N5O5. The summed E-state index contributed by atoms with van der Waals surface area (Å²) in [4.78, 5) is 61.7. The smallest absolute Gasteiger partial charge is 0.411 e. The minimum Gasteiger partial charge on any atom is -0.444 e. The lowest BCUT2D eigenvalue weighted by Crippen LogP contribution is -2.57. The van der Waals surface area contributed by atoms with Gasteiger partial charge < -0.3 is 19.9 Å². The Labute approximate surface area is 315 Å². The highest BCUT2D eigenvalue weighted by Gasteiger charge is 2.39. The Morgan fingerprint density at radius 2 is 1.60 bits per heavy atom. The standard InChI is InChI=1S/C40H48ClF2N5O5/c1-6-45(7-2)38(51)36(31-17-16-29(42)23-32(31)43)46-18-20-47(21-19-46)37(50)33(22-26-12-14-28(41)15-13-26)44-35(49)24-34-30-11-9-8-10-27(30)25-48(34)39(52)53-40(3,4)5/h8-17,23,33-34,36H,6-7,18-22,24-25H2,1-5H3,(H,44,49). The molecule has 0 aromatic heterocycles. The van der Waals surface area contributed by atoms with Crippen LogP contribution in [-0.2, 0) is 32.1 Å². The van der Waals surface area contributed by atoms with Gasteiger partial charge in [-0.05, 0) is 69.5 Å². The number of rotatable bonds is 11. The third-order valence-corrected chi connectivity index (χ3v) is 9.93. The summed E-state index contributed by atoms with van der Waals surface area (Å²) in [6, 6.07) is 15.3. The molecule has 0 saturated carbocycles. The van der Waals surface area contributed by atoms with Gasteiger partial charge in [-0.3, -0.25) is 24.2 Å². The highest BCUT2D eigenvalue weighted by Crippen LogP contribution is 2.37. The number of amides is 4. The normalized spacial score (nSPS) is 17.2. The number of piperazine rings is 1. The summed E-state index contributed by atoms with van der Waals surface area (Å²) in [5, 5.41) is 3.49. The van der Waals surface area contributed by atoms with E-state index in [0.717, 1.165) is 28.8 Å². The molecule has 3 atom stereocenters. The molecule has 0 radical (unpaired) electrons. The van der Waals surface area contributed by atoms with Crippen LogP contribution in [0.5, 0.6) is 0 Å². The predicted molar refractivity (Wildman–Crippen MR) is 198 cm³/mol. The summed E-state index contributed by atoms with van der Waals surface area (Å²) in [6.45, 7) is 11.1. The van der Waals surface area contributed by atoms with Crippen molar-refractivity contribution in [3.63, 3.8) is 0 Å². The molecule has 0 bridgehead atoms. The quantitative estimate of drug-likeness (QED) is 0.248. The van der Waals surface area contributed by atoms with Gasteiger partial charge in [-0.2, -0.15) is 0 Å². The fourth-order valence-electron chi connectivity index (χ4n) is 7.02. The zero-order valence-electron chi connectivity index (χ0n) is 30.9. The molecule has 0 spiro atoms. The minimum absolute atomic E-state index is 0.0740. The molecule has 3 aromatic rings. The summed E-state index contributed by atoms with van der Waals surface area (Å²) in [6.07, 6.45) is -0.438. The second-order valence-electron chi connectivity index (χ2n) is 14.4. The minimum atomic E-state index is -1.00. The first-order valence-corrected chi connectivity index (χ1v) is 18.4. The Bertz CT molecular complexity index is 1790. The Hall–Kier alpha value is -4.55. The maximum atomic E-state index is 15.1. The third-order valence-electron chi connectivity index (χ3n) is 9.68. The van der Waals surface area contributed by atoms with Crippen molar-refractivity contribution in [1.82, 2.24) is 24.9 Å². The van der Waals surface area contributed by atoms with Crippen molar-refractivity contribution in [3.05, 3.63) is 106 Å². The Balaban J connectivity index is 1.34. The van der Waals surface area contributed by atoms with Gasteiger partial charge in [0.15, 0.2) is 0 Å². The summed E-state index contributed by atoms with van der Waals surface area (Å²) < 4.78 is 34.7. The number of nitrogens with one attached hydrogen (secondary N) is 1. The number of benzene rings is 3. The monoisotopic (exact) mass is 751 g/mol. The van der Waals surface area contributed by atoms with Gasteiger partial charge in [0.05, 0.1) is 12.5 Å². The SMILES string of the molecule is CCN(CC)C(=O)C(c1ccc(F)cc1F)N1CCN(C(=O)C(Cc2ccc(Cl)cc2)NC(=O)CC2c3ccccc3CN2C(=O)OC(C)(C)C)CC1. The van der Waals surface area contributed by atoms with Crippen molar-refractivity contribution in [2.75, 3.05) is 39.3 Å². The van der Waals surface area contributed by atoms with Crippen LogP contribution in [0.4, 0.5) is 13.6 Å². The topological polar surface area (TPSA) is 103 Å². The number of likely N-dealkylation sites (N-methyl/N-ethyl adjacent to an activating group) is 1. The van der Waals surface area contributed by atoms with Gasteiger partial charge in [0.2, 0.25) is 17.7 Å². The molecule has 1 N–H and O–H groups in total. The molecule has 3 aromatic carbocycles. The molecule has 3 unspecified atom stereocenters. The van der Waals surface area contributed by atoms with E-state index in [1.165, 1.54) is 6.07 Å². The average Bonchev–Trinajstić information content (AvgIpc) is 3.48. The molecule has 4 amide bonds. The van der Waals surface area contributed by atoms with E-state index in [2.05, 4.69) is 5.32 Å². The van der Waals surface area contributed by atoms with Gasteiger partial charge in [0.1, 0.15) is 29.3 Å². The first kappa shape index (κ1) is 39.7.